The van der Waals surface area contributed by atoms with Crippen LogP contribution in [-0.4, -0.2) is 34.1 Å². The first kappa shape index (κ1) is 14.7. The second-order valence-electron chi connectivity index (χ2n) is 3.97. The van der Waals surface area contributed by atoms with Gasteiger partial charge in [0.1, 0.15) is 0 Å². The second-order valence-corrected chi connectivity index (χ2v) is 4.83. The van der Waals surface area contributed by atoms with Crippen LogP contribution in [0.3, 0.4) is 0 Å². The summed E-state index contributed by atoms with van der Waals surface area (Å²) in [5.41, 5.74) is -0.123. The van der Waals surface area contributed by atoms with Crippen molar-refractivity contribution in [3.8, 4) is 5.88 Å². The van der Waals surface area contributed by atoms with Crippen LogP contribution in [0.15, 0.2) is 22.3 Å². The van der Waals surface area contributed by atoms with Crippen molar-refractivity contribution in [2.75, 3.05) is 12.4 Å². The van der Waals surface area contributed by atoms with Crippen molar-refractivity contribution in [3.63, 3.8) is 0 Å². The topological polar surface area (TPSA) is 121 Å². The van der Waals surface area contributed by atoms with E-state index in [0.717, 1.165) is 23.5 Å². The maximum Gasteiger partial charge on any atom is 0.311 e. The minimum absolute atomic E-state index is 0.000896. The summed E-state index contributed by atoms with van der Waals surface area (Å²) in [6.45, 7) is 0. The number of anilines is 1. The molecule has 0 radical (unpaired) electrons. The van der Waals surface area contributed by atoms with Crippen LogP contribution in [0.4, 0.5) is 5.13 Å². The van der Waals surface area contributed by atoms with Gasteiger partial charge in [-0.05, 0) is 0 Å². The smallest absolute Gasteiger partial charge is 0.311 e. The number of hydrogen-bond donors (Lipinski definition) is 3. The third kappa shape index (κ3) is 3.89. The molecule has 0 aliphatic rings. The van der Waals surface area contributed by atoms with Crippen molar-refractivity contribution in [1.82, 2.24) is 9.97 Å². The number of rotatable bonds is 4. The molecule has 0 atom stereocenters. The van der Waals surface area contributed by atoms with Crippen molar-refractivity contribution in [1.29, 1.82) is 0 Å². The maximum atomic E-state index is 11.9. The molecule has 0 fully saturated rings. The predicted octanol–water partition coefficient (Wildman–Crippen LogP) is 0.505. The number of H-pyrrole nitrogens is 1. The van der Waals surface area contributed by atoms with Crippen molar-refractivity contribution >= 4 is 28.3 Å². The van der Waals surface area contributed by atoms with Crippen LogP contribution >= 0.6 is 11.3 Å². The van der Waals surface area contributed by atoms with Gasteiger partial charge in [0.2, 0.25) is 0 Å². The maximum absolute atomic E-state index is 11.9. The first-order chi connectivity index (χ1) is 9.97. The molecule has 0 aromatic carbocycles. The van der Waals surface area contributed by atoms with Crippen molar-refractivity contribution in [2.24, 2.45) is 0 Å². The Bertz CT molecular complexity index is 736. The standard InChI is InChI=1S/C12H11N3O5S/c1-20-10(18)4-7-5-21-12(13-7)15-11(19)6-2-8(16)14-9(17)3-6/h2-3,5H,4H2,1H3,(H,13,15,19)(H2,14,16,17). The number of methoxy groups -OCH3 is 1. The van der Waals surface area contributed by atoms with E-state index >= 15 is 0 Å². The fraction of sp³-hybridized carbons (Fsp3) is 0.167. The average molecular weight is 309 g/mol. The van der Waals surface area contributed by atoms with E-state index in [1.807, 2.05) is 0 Å². The number of amides is 1. The lowest BCUT2D eigenvalue weighted by Gasteiger charge is -2.01. The summed E-state index contributed by atoms with van der Waals surface area (Å²) in [6.07, 6.45) is 0.00859. The Labute approximate surface area is 122 Å². The number of nitrogens with one attached hydrogen (secondary N) is 2. The Kier molecular flexibility index (Phi) is 4.33. The van der Waals surface area contributed by atoms with Gasteiger partial charge in [-0.1, -0.05) is 0 Å². The number of esters is 1. The summed E-state index contributed by atoms with van der Waals surface area (Å²) in [4.78, 5) is 40.3. The summed E-state index contributed by atoms with van der Waals surface area (Å²) in [5, 5.41) is 13.6. The van der Waals surface area contributed by atoms with Crippen LogP contribution in [0.25, 0.3) is 0 Å². The number of aromatic nitrogens is 2. The van der Waals surface area contributed by atoms with E-state index in [9.17, 15) is 19.5 Å². The lowest BCUT2D eigenvalue weighted by atomic mass is 10.2. The number of carbonyl (C=O) groups is 2. The molecule has 0 aliphatic heterocycles. The van der Waals surface area contributed by atoms with Gasteiger partial charge in [-0.3, -0.25) is 24.7 Å². The Balaban J connectivity index is 2.09. The van der Waals surface area contributed by atoms with Gasteiger partial charge < -0.3 is 9.84 Å². The number of aromatic hydroxyl groups is 1. The van der Waals surface area contributed by atoms with Crippen molar-refractivity contribution < 1.29 is 19.4 Å². The molecule has 0 unspecified atom stereocenters. The van der Waals surface area contributed by atoms with E-state index < -0.39 is 23.3 Å². The molecule has 2 rings (SSSR count). The quantitative estimate of drug-likeness (QED) is 0.707. The van der Waals surface area contributed by atoms with E-state index in [1.54, 1.807) is 5.38 Å². The van der Waals surface area contributed by atoms with Crippen LogP contribution < -0.4 is 10.9 Å². The van der Waals surface area contributed by atoms with Crippen LogP contribution in [0.1, 0.15) is 16.1 Å². The molecule has 21 heavy (non-hydrogen) atoms. The van der Waals surface area contributed by atoms with Gasteiger partial charge >= 0.3 is 5.97 Å². The molecular weight excluding hydrogens is 298 g/mol. The molecule has 2 aromatic heterocycles. The van der Waals surface area contributed by atoms with E-state index in [4.69, 9.17) is 0 Å². The summed E-state index contributed by atoms with van der Waals surface area (Å²) in [7, 11) is 1.27. The van der Waals surface area contributed by atoms with Crippen LogP contribution in [0, 0.1) is 0 Å². The normalized spacial score (nSPS) is 10.1. The molecule has 2 aromatic rings. The molecule has 110 valence electrons. The van der Waals surface area contributed by atoms with Crippen LogP contribution in [0.2, 0.25) is 0 Å². The molecule has 0 aliphatic carbocycles. The number of nitrogens with zero attached hydrogens (tertiary/aromatic N) is 1. The summed E-state index contributed by atoms with van der Waals surface area (Å²) in [6, 6.07) is 2.18. The summed E-state index contributed by atoms with van der Waals surface area (Å²) < 4.78 is 4.51. The Hall–Kier alpha value is -2.68. The fourth-order valence-corrected chi connectivity index (χ4v) is 2.20. The van der Waals surface area contributed by atoms with Gasteiger partial charge in [0.05, 0.1) is 24.8 Å². The molecule has 2 heterocycles. The molecule has 8 nitrogen and oxygen atoms in total. The van der Waals surface area contributed by atoms with Crippen molar-refractivity contribution in [2.45, 2.75) is 6.42 Å². The Morgan fingerprint density at radius 2 is 2.24 bits per heavy atom. The molecule has 3 N–H and O–H groups in total. The SMILES string of the molecule is COC(=O)Cc1csc(NC(=O)c2cc(O)[nH]c(=O)c2)n1. The molecule has 0 bridgehead atoms. The molecule has 1 amide bonds. The van der Waals surface area contributed by atoms with E-state index in [1.165, 1.54) is 7.11 Å². The molecule has 9 heteroatoms. The highest BCUT2D eigenvalue weighted by molar-refractivity contribution is 7.14. The van der Waals surface area contributed by atoms with Gasteiger partial charge in [0.15, 0.2) is 11.0 Å². The first-order valence-electron chi connectivity index (χ1n) is 5.74. The lowest BCUT2D eigenvalue weighted by Crippen LogP contribution is -2.15. The largest absolute Gasteiger partial charge is 0.494 e. The number of pyridine rings is 1. The zero-order valence-corrected chi connectivity index (χ0v) is 11.7. The zero-order valence-electron chi connectivity index (χ0n) is 10.9. The predicted molar refractivity (Wildman–Crippen MR) is 74.5 cm³/mol. The highest BCUT2D eigenvalue weighted by Crippen LogP contribution is 2.17. The van der Waals surface area contributed by atoms with Gasteiger partial charge in [-0.25, -0.2) is 4.98 Å². The average Bonchev–Trinajstić information content (AvgIpc) is 2.84. The van der Waals surface area contributed by atoms with E-state index in [-0.39, 0.29) is 17.1 Å². The van der Waals surface area contributed by atoms with Gasteiger partial charge in [0.25, 0.3) is 11.5 Å². The Morgan fingerprint density at radius 3 is 2.90 bits per heavy atom. The van der Waals surface area contributed by atoms with Gasteiger partial charge in [-0.15, -0.1) is 11.3 Å². The van der Waals surface area contributed by atoms with Gasteiger partial charge in [-0.2, -0.15) is 0 Å². The molecular formula is C12H11N3O5S. The monoisotopic (exact) mass is 309 g/mol. The highest BCUT2D eigenvalue weighted by Gasteiger charge is 2.12. The third-order valence-electron chi connectivity index (χ3n) is 2.42. The molecule has 0 saturated heterocycles. The van der Waals surface area contributed by atoms with Crippen molar-refractivity contribution in [3.05, 3.63) is 39.1 Å². The number of carbonyl (C=O) groups excluding carboxylic acids is 2. The minimum atomic E-state index is -0.592. The molecule has 0 spiro atoms. The number of thiazole rings is 1. The van der Waals surface area contributed by atoms with Crippen LogP contribution in [0.5, 0.6) is 5.88 Å². The van der Waals surface area contributed by atoms with E-state index in [0.29, 0.717) is 5.69 Å². The lowest BCUT2D eigenvalue weighted by molar-refractivity contribution is -0.139. The zero-order chi connectivity index (χ0) is 15.4. The fourth-order valence-electron chi connectivity index (χ4n) is 1.49. The minimum Gasteiger partial charge on any atom is -0.494 e. The van der Waals surface area contributed by atoms with Gasteiger partial charge in [0, 0.05) is 17.5 Å². The first-order valence-corrected chi connectivity index (χ1v) is 6.62. The summed E-state index contributed by atoms with van der Waals surface area (Å²) in [5.74, 6) is -1.42. The van der Waals surface area contributed by atoms with Crippen LogP contribution in [-0.2, 0) is 16.0 Å². The number of hydrogen-bond acceptors (Lipinski definition) is 7. The Morgan fingerprint density at radius 1 is 1.48 bits per heavy atom. The third-order valence-corrected chi connectivity index (χ3v) is 3.22. The molecule has 0 saturated carbocycles. The highest BCUT2D eigenvalue weighted by atomic mass is 32.1. The number of ether oxygens (including phenoxy) is 1. The second kappa shape index (κ2) is 6.18. The van der Waals surface area contributed by atoms with E-state index in [2.05, 4.69) is 20.0 Å². The summed E-state index contributed by atoms with van der Waals surface area (Å²) >= 11 is 1.13. The number of aromatic amines is 1.